The van der Waals surface area contributed by atoms with Gasteiger partial charge in [-0.2, -0.15) is 0 Å². The van der Waals surface area contributed by atoms with Gasteiger partial charge in [-0.05, 0) is 31.5 Å². The summed E-state index contributed by atoms with van der Waals surface area (Å²) in [5, 5.41) is 20.5. The van der Waals surface area contributed by atoms with Crippen molar-refractivity contribution >= 4 is 11.7 Å². The molecule has 2 rings (SSSR count). The molecule has 0 radical (unpaired) electrons. The van der Waals surface area contributed by atoms with Gasteiger partial charge in [-0.15, -0.1) is 5.43 Å². The lowest BCUT2D eigenvalue weighted by atomic mass is 10.2. The van der Waals surface area contributed by atoms with Gasteiger partial charge in [-0.1, -0.05) is 18.2 Å². The van der Waals surface area contributed by atoms with Gasteiger partial charge in [0.15, 0.2) is 5.03 Å². The molecule has 0 saturated carbocycles. The van der Waals surface area contributed by atoms with E-state index in [2.05, 4.69) is 5.32 Å². The average Bonchev–Trinajstić information content (AvgIpc) is 2.84. The molecule has 7 nitrogen and oxygen atoms in total. The summed E-state index contributed by atoms with van der Waals surface area (Å²) in [6, 6.07) is 8.24. The third-order valence-electron chi connectivity index (χ3n) is 2.35. The van der Waals surface area contributed by atoms with E-state index in [0.29, 0.717) is 5.69 Å². The molecule has 1 atom stereocenters. The number of hydrogen-bond acceptors (Lipinski definition) is 4. The van der Waals surface area contributed by atoms with E-state index in [0.717, 1.165) is 19.4 Å². The van der Waals surface area contributed by atoms with Crippen molar-refractivity contribution in [3.8, 4) is 0 Å². The topological polar surface area (TPSA) is 105 Å². The van der Waals surface area contributed by atoms with Crippen molar-refractivity contribution in [2.24, 2.45) is 0 Å². The number of carboxylic acids is 1. The largest absolute Gasteiger partial charge is 0.480 e. The van der Waals surface area contributed by atoms with Gasteiger partial charge in [0.05, 0.1) is 0 Å². The van der Waals surface area contributed by atoms with Crippen LogP contribution in [0.25, 0.3) is 0 Å². The number of rotatable bonds is 3. The molecule has 1 unspecified atom stereocenters. The zero-order chi connectivity index (χ0) is 13.4. The summed E-state index contributed by atoms with van der Waals surface area (Å²) in [6.45, 7) is 0.858. The van der Waals surface area contributed by atoms with Gasteiger partial charge in [-0.3, -0.25) is 4.79 Å². The minimum absolute atomic E-state index is 0.269. The van der Waals surface area contributed by atoms with Crippen molar-refractivity contribution in [1.82, 2.24) is 5.32 Å². The predicted octanol–water partition coefficient (Wildman–Crippen LogP) is 1.11. The molecule has 1 aromatic carbocycles. The summed E-state index contributed by atoms with van der Waals surface area (Å²) in [6.07, 6.45) is 1.78. The van der Waals surface area contributed by atoms with E-state index in [4.69, 9.17) is 5.11 Å². The van der Waals surface area contributed by atoms with Crippen molar-refractivity contribution in [2.45, 2.75) is 18.9 Å². The minimum atomic E-state index is -0.720. The number of carboxylic acid groups (broad SMARTS) is 1. The lowest BCUT2D eigenvalue weighted by Gasteiger charge is -1.99. The number of nitrogens with one attached hydrogen (secondary N) is 2. The number of carbonyl (C=O) groups is 1. The number of para-hydroxylation sites is 1. The maximum atomic E-state index is 10.1. The fourth-order valence-electron chi connectivity index (χ4n) is 1.51. The Bertz CT molecular complexity index is 391. The molecule has 7 heteroatoms. The third-order valence-corrected chi connectivity index (χ3v) is 2.35. The Morgan fingerprint density at radius 1 is 1.44 bits per heavy atom. The molecule has 0 spiro atoms. The molecule has 3 N–H and O–H groups in total. The summed E-state index contributed by atoms with van der Waals surface area (Å²) >= 11 is 0. The van der Waals surface area contributed by atoms with E-state index in [9.17, 15) is 14.9 Å². The first-order valence-corrected chi connectivity index (χ1v) is 5.52. The van der Waals surface area contributed by atoms with Crippen LogP contribution in [0.4, 0.5) is 5.69 Å². The first-order valence-electron chi connectivity index (χ1n) is 5.52. The van der Waals surface area contributed by atoms with E-state index in [1.807, 2.05) is 5.43 Å². The lowest BCUT2D eigenvalue weighted by Crippen LogP contribution is -2.29. The van der Waals surface area contributed by atoms with E-state index in [1.54, 1.807) is 30.3 Å². The van der Waals surface area contributed by atoms with Crippen LogP contribution in [0.1, 0.15) is 12.8 Å². The van der Waals surface area contributed by atoms with E-state index in [-0.39, 0.29) is 6.04 Å². The first-order chi connectivity index (χ1) is 8.59. The fraction of sp³-hybridized carbons (Fsp3) is 0.364. The molecular weight excluding hydrogens is 238 g/mol. The number of nitrogens with zero attached hydrogens (tertiary/aromatic N) is 1. The highest BCUT2D eigenvalue weighted by Gasteiger charge is 2.20. The molecule has 1 saturated heterocycles. The van der Waals surface area contributed by atoms with Crippen LogP contribution in [-0.2, 0) is 4.79 Å². The highest BCUT2D eigenvalue weighted by atomic mass is 16.7. The smallest absolute Gasteiger partial charge is 0.320 e. The molecular formula is C11H15N3O4. The van der Waals surface area contributed by atoms with Crippen molar-refractivity contribution in [3.05, 3.63) is 40.4 Å². The standard InChI is InChI=1S/C6H6N2O2.C5H9NO2/c9-8(10)7-6-4-2-1-3-5-6;7-5(8)4-2-1-3-6-4/h1-5,7H;4,6H,1-3H2,(H,7,8). The Morgan fingerprint density at radius 3 is 2.50 bits per heavy atom. The Morgan fingerprint density at radius 2 is 2.11 bits per heavy atom. The van der Waals surface area contributed by atoms with Gasteiger partial charge < -0.3 is 10.4 Å². The highest BCUT2D eigenvalue weighted by Crippen LogP contribution is 2.04. The molecule has 0 aliphatic carbocycles. The molecule has 0 bridgehead atoms. The zero-order valence-electron chi connectivity index (χ0n) is 9.70. The number of aliphatic carboxylic acids is 1. The summed E-state index contributed by atoms with van der Waals surface area (Å²) in [5.74, 6) is -0.720. The average molecular weight is 253 g/mol. The van der Waals surface area contributed by atoms with Crippen LogP contribution in [0.2, 0.25) is 0 Å². The summed E-state index contributed by atoms with van der Waals surface area (Å²) in [4.78, 5) is 20.0. The maximum Gasteiger partial charge on any atom is 0.320 e. The van der Waals surface area contributed by atoms with Crippen LogP contribution >= 0.6 is 0 Å². The maximum absolute atomic E-state index is 10.1. The van der Waals surface area contributed by atoms with Gasteiger partial charge in [0.2, 0.25) is 0 Å². The Balaban J connectivity index is 0.000000184. The van der Waals surface area contributed by atoms with Crippen LogP contribution in [0.3, 0.4) is 0 Å². The second kappa shape index (κ2) is 7.23. The van der Waals surface area contributed by atoms with Crippen molar-refractivity contribution in [1.29, 1.82) is 0 Å². The summed E-state index contributed by atoms with van der Waals surface area (Å²) in [7, 11) is 0. The molecule has 0 aromatic heterocycles. The SMILES string of the molecule is O=C(O)C1CCCN1.O=[N+]([O-])Nc1ccccc1. The normalized spacial score (nSPS) is 17.4. The van der Waals surface area contributed by atoms with Crippen molar-refractivity contribution in [3.63, 3.8) is 0 Å². The van der Waals surface area contributed by atoms with Crippen molar-refractivity contribution in [2.75, 3.05) is 12.0 Å². The highest BCUT2D eigenvalue weighted by molar-refractivity contribution is 5.73. The van der Waals surface area contributed by atoms with Crippen molar-refractivity contribution < 1.29 is 14.9 Å². The zero-order valence-corrected chi connectivity index (χ0v) is 9.70. The molecule has 1 aliphatic rings. The number of benzene rings is 1. The van der Waals surface area contributed by atoms with E-state index in [1.165, 1.54) is 0 Å². The second-order valence-corrected chi connectivity index (χ2v) is 3.72. The predicted molar refractivity (Wildman–Crippen MR) is 65.7 cm³/mol. The molecule has 1 fully saturated rings. The number of anilines is 1. The monoisotopic (exact) mass is 253 g/mol. The van der Waals surface area contributed by atoms with Gasteiger partial charge >= 0.3 is 5.97 Å². The number of hydrazine groups is 1. The van der Waals surface area contributed by atoms with Crippen LogP contribution in [0, 0.1) is 10.1 Å². The number of nitro groups is 1. The summed E-state index contributed by atoms with van der Waals surface area (Å²) < 4.78 is 0. The molecule has 1 aliphatic heterocycles. The molecule has 1 heterocycles. The summed E-state index contributed by atoms with van der Waals surface area (Å²) in [5.41, 5.74) is 2.52. The van der Waals surface area contributed by atoms with Gasteiger partial charge in [0, 0.05) is 0 Å². The van der Waals surface area contributed by atoms with E-state index >= 15 is 0 Å². The van der Waals surface area contributed by atoms with Crippen LogP contribution < -0.4 is 10.7 Å². The fourth-order valence-corrected chi connectivity index (χ4v) is 1.51. The lowest BCUT2D eigenvalue weighted by molar-refractivity contribution is -0.445. The van der Waals surface area contributed by atoms with Crippen LogP contribution in [0.15, 0.2) is 30.3 Å². The van der Waals surface area contributed by atoms with Gasteiger partial charge in [0.1, 0.15) is 11.7 Å². The molecule has 98 valence electrons. The van der Waals surface area contributed by atoms with Gasteiger partial charge in [0.25, 0.3) is 0 Å². The minimum Gasteiger partial charge on any atom is -0.480 e. The Hall–Kier alpha value is -2.15. The first kappa shape index (κ1) is 13.9. The molecule has 18 heavy (non-hydrogen) atoms. The Labute approximate surface area is 104 Å². The number of hydrogen-bond donors (Lipinski definition) is 3. The third kappa shape index (κ3) is 5.26. The molecule has 0 amide bonds. The molecule has 1 aromatic rings. The van der Waals surface area contributed by atoms with Crippen LogP contribution in [0.5, 0.6) is 0 Å². The van der Waals surface area contributed by atoms with Gasteiger partial charge in [-0.25, -0.2) is 10.1 Å². The quantitative estimate of drug-likeness (QED) is 0.550. The van der Waals surface area contributed by atoms with E-state index < -0.39 is 11.0 Å². The Kier molecular flexibility index (Phi) is 5.59. The second-order valence-electron chi connectivity index (χ2n) is 3.72. The van der Waals surface area contributed by atoms with Crippen LogP contribution in [-0.4, -0.2) is 28.7 Å².